The molecule has 3 rings (SSSR count). The molecule has 0 aliphatic carbocycles. The van der Waals surface area contributed by atoms with Gasteiger partial charge in [0.25, 0.3) is 0 Å². The molecule has 0 spiro atoms. The number of anilines is 1. The van der Waals surface area contributed by atoms with Gasteiger partial charge in [0.05, 0.1) is 0 Å². The van der Waals surface area contributed by atoms with Crippen molar-refractivity contribution >= 4 is 42.3 Å². The maximum atomic E-state index is 5.24. The summed E-state index contributed by atoms with van der Waals surface area (Å²) >= 11 is 0.259. The quantitative estimate of drug-likeness (QED) is 0.673. The summed E-state index contributed by atoms with van der Waals surface area (Å²) in [6, 6.07) is 10.2. The molecule has 2 aromatic heterocycles. The fourth-order valence-corrected chi connectivity index (χ4v) is 3.84. The average Bonchev–Trinajstić information content (AvgIpc) is 2.95. The third-order valence-corrected chi connectivity index (χ3v) is 5.36. The van der Waals surface area contributed by atoms with Gasteiger partial charge in [-0.25, -0.2) is 0 Å². The second-order valence-electron chi connectivity index (χ2n) is 5.06. The Hall–Kier alpha value is -2.10. The van der Waals surface area contributed by atoms with Crippen molar-refractivity contribution in [2.24, 2.45) is 0 Å². The van der Waals surface area contributed by atoms with Gasteiger partial charge in [-0.15, -0.1) is 0 Å². The Morgan fingerprint density at radius 3 is 2.68 bits per heavy atom. The molecule has 0 aliphatic rings. The number of hydrogen-bond acceptors (Lipinski definition) is 4. The summed E-state index contributed by atoms with van der Waals surface area (Å²) in [5.41, 5.74) is 2.11. The second-order valence-corrected chi connectivity index (χ2v) is 7.29. The van der Waals surface area contributed by atoms with Crippen LogP contribution in [0.5, 0.6) is 5.75 Å². The number of fused-ring (bicyclic) bond motifs is 1. The van der Waals surface area contributed by atoms with Gasteiger partial charge in [-0.2, -0.15) is 0 Å². The van der Waals surface area contributed by atoms with Gasteiger partial charge in [0.15, 0.2) is 0 Å². The molecule has 0 bridgehead atoms. The topological polar surface area (TPSA) is 38.2 Å². The number of methoxy groups -OCH3 is 1. The van der Waals surface area contributed by atoms with Crippen LogP contribution < -0.4 is 9.64 Å². The van der Waals surface area contributed by atoms with Crippen LogP contribution in [0.15, 0.2) is 36.5 Å². The van der Waals surface area contributed by atoms with Crippen molar-refractivity contribution in [1.82, 2.24) is 9.97 Å². The predicted octanol–water partition coefficient (Wildman–Crippen LogP) is 2.93. The Bertz CT molecular complexity index is 806. The van der Waals surface area contributed by atoms with Gasteiger partial charge < -0.3 is 0 Å². The number of pyridine rings is 1. The minimum atomic E-state index is 0.259. The number of nitrogens with zero attached hydrogens (tertiary/aromatic N) is 3. The third-order valence-electron chi connectivity index (χ3n) is 3.26. The number of rotatable bonds is 4. The van der Waals surface area contributed by atoms with Crippen molar-refractivity contribution < 1.29 is 4.74 Å². The summed E-state index contributed by atoms with van der Waals surface area (Å²) in [6.45, 7) is 0. The summed E-state index contributed by atoms with van der Waals surface area (Å²) in [6.07, 6.45) is 6.03. The van der Waals surface area contributed by atoms with Gasteiger partial charge >= 0.3 is 135 Å². The Balaban J connectivity index is 1.82. The molecule has 0 fully saturated rings. The number of benzene rings is 1. The van der Waals surface area contributed by atoms with E-state index in [1.165, 1.54) is 4.26 Å². The first kappa shape index (κ1) is 14.8. The molecule has 0 unspecified atom stereocenters. The van der Waals surface area contributed by atoms with E-state index in [4.69, 9.17) is 4.74 Å². The zero-order valence-electron chi connectivity index (χ0n) is 12.8. The van der Waals surface area contributed by atoms with Gasteiger partial charge in [0.2, 0.25) is 0 Å². The van der Waals surface area contributed by atoms with E-state index in [1.807, 2.05) is 43.4 Å². The first-order valence-corrected chi connectivity index (χ1v) is 8.63. The molecule has 0 radical (unpaired) electrons. The Morgan fingerprint density at radius 1 is 1.14 bits per heavy atom. The second kappa shape index (κ2) is 6.34. The standard InChI is InChI=1S/C17H17N3OSe/c1-20(2)16-8-4-12(11-18-16)5-9-17-19-14-10-13(21-3)6-7-15(14)22-17/h4-11H,1-3H3/b9-5+. The fourth-order valence-electron chi connectivity index (χ4n) is 2.05. The SMILES string of the molecule is COc1ccc2[se]c(/C=C/c3ccc(N(C)C)nc3)nc2c1. The molecule has 112 valence electrons. The predicted molar refractivity (Wildman–Crippen MR) is 92.7 cm³/mol. The van der Waals surface area contributed by atoms with Crippen LogP contribution >= 0.6 is 0 Å². The van der Waals surface area contributed by atoms with Crippen molar-refractivity contribution in [3.8, 4) is 5.75 Å². The van der Waals surface area contributed by atoms with Crippen LogP contribution in [-0.2, 0) is 0 Å². The molecule has 0 aliphatic heterocycles. The first-order chi connectivity index (χ1) is 10.7. The molecule has 0 saturated heterocycles. The van der Waals surface area contributed by atoms with E-state index in [2.05, 4.69) is 34.3 Å². The van der Waals surface area contributed by atoms with E-state index in [-0.39, 0.29) is 14.5 Å². The van der Waals surface area contributed by atoms with Crippen LogP contribution in [0.4, 0.5) is 5.82 Å². The molecule has 2 heterocycles. The molecule has 4 nitrogen and oxygen atoms in total. The van der Waals surface area contributed by atoms with Crippen LogP contribution in [0.25, 0.3) is 21.9 Å². The minimum absolute atomic E-state index is 0.259. The molecule has 0 amide bonds. The summed E-state index contributed by atoms with van der Waals surface area (Å²) in [4.78, 5) is 11.1. The maximum absolute atomic E-state index is 5.24. The van der Waals surface area contributed by atoms with E-state index in [0.29, 0.717) is 0 Å². The van der Waals surface area contributed by atoms with E-state index >= 15 is 0 Å². The Labute approximate surface area is 135 Å². The molecular weight excluding hydrogens is 341 g/mol. The van der Waals surface area contributed by atoms with Crippen molar-refractivity contribution in [2.45, 2.75) is 0 Å². The molecule has 0 N–H and O–H groups in total. The van der Waals surface area contributed by atoms with Crippen molar-refractivity contribution in [3.05, 3.63) is 46.7 Å². The fraction of sp³-hybridized carbons (Fsp3) is 0.176. The van der Waals surface area contributed by atoms with E-state index < -0.39 is 0 Å². The molecule has 1 aromatic carbocycles. The van der Waals surface area contributed by atoms with Gasteiger partial charge in [-0.3, -0.25) is 0 Å². The molecule has 22 heavy (non-hydrogen) atoms. The van der Waals surface area contributed by atoms with Crippen LogP contribution in [0, 0.1) is 0 Å². The number of hydrogen-bond donors (Lipinski definition) is 0. The van der Waals surface area contributed by atoms with Gasteiger partial charge in [0, 0.05) is 0 Å². The molecule has 0 saturated carbocycles. The molecule has 0 atom stereocenters. The molecule has 5 heteroatoms. The van der Waals surface area contributed by atoms with Crippen molar-refractivity contribution in [2.75, 3.05) is 26.1 Å². The Kier molecular flexibility index (Phi) is 4.27. The van der Waals surface area contributed by atoms with E-state index in [1.54, 1.807) is 7.11 Å². The summed E-state index contributed by atoms with van der Waals surface area (Å²) < 4.78 is 7.66. The molecular formula is C17H17N3OSe. The molecule has 3 aromatic rings. The van der Waals surface area contributed by atoms with Crippen LogP contribution in [0.1, 0.15) is 10.1 Å². The summed E-state index contributed by atoms with van der Waals surface area (Å²) in [7, 11) is 5.65. The number of ether oxygens (including phenoxy) is 1. The van der Waals surface area contributed by atoms with Crippen LogP contribution in [-0.4, -0.2) is 45.7 Å². The van der Waals surface area contributed by atoms with E-state index in [0.717, 1.165) is 27.2 Å². The van der Waals surface area contributed by atoms with Crippen molar-refractivity contribution in [1.29, 1.82) is 0 Å². The zero-order valence-corrected chi connectivity index (χ0v) is 14.5. The van der Waals surface area contributed by atoms with E-state index in [9.17, 15) is 0 Å². The normalized spacial score (nSPS) is 11.2. The number of aromatic nitrogens is 2. The monoisotopic (exact) mass is 359 g/mol. The Morgan fingerprint density at radius 2 is 2.00 bits per heavy atom. The third kappa shape index (κ3) is 3.21. The average molecular weight is 358 g/mol. The van der Waals surface area contributed by atoms with Crippen LogP contribution in [0.3, 0.4) is 0 Å². The zero-order chi connectivity index (χ0) is 15.5. The first-order valence-electron chi connectivity index (χ1n) is 6.92. The summed E-state index contributed by atoms with van der Waals surface area (Å²) in [5.74, 6) is 1.81. The van der Waals surface area contributed by atoms with Gasteiger partial charge in [0.1, 0.15) is 0 Å². The summed E-state index contributed by atoms with van der Waals surface area (Å²) in [5, 5.41) is 0. The van der Waals surface area contributed by atoms with Crippen LogP contribution in [0.2, 0.25) is 0 Å². The van der Waals surface area contributed by atoms with Gasteiger partial charge in [-0.05, 0) is 0 Å². The van der Waals surface area contributed by atoms with Gasteiger partial charge in [-0.1, -0.05) is 0 Å². The van der Waals surface area contributed by atoms with Crippen molar-refractivity contribution in [3.63, 3.8) is 0 Å².